The zero-order valence-electron chi connectivity index (χ0n) is 20.9. The third-order valence-corrected chi connectivity index (χ3v) is 6.45. The van der Waals surface area contributed by atoms with E-state index in [0.29, 0.717) is 35.0 Å². The zero-order chi connectivity index (χ0) is 26.5. The summed E-state index contributed by atoms with van der Waals surface area (Å²) in [5.74, 6) is 0.623. The summed E-state index contributed by atoms with van der Waals surface area (Å²) in [6.45, 7) is 5.59. The lowest BCUT2D eigenvalue weighted by Crippen LogP contribution is -2.44. The lowest BCUT2D eigenvalue weighted by molar-refractivity contribution is -0.174. The fourth-order valence-corrected chi connectivity index (χ4v) is 4.58. The SMILES string of the molecule is Fc1ccc(Nc2nc(N3CCNCC3)nc3c(CN4CCNCC4)nn(CCOCC(F)(F)F)c23)cc1. The first-order valence-electron chi connectivity index (χ1n) is 12.7. The van der Waals surface area contributed by atoms with Crippen LogP contribution in [0.5, 0.6) is 0 Å². The Labute approximate surface area is 217 Å². The van der Waals surface area contributed by atoms with E-state index in [4.69, 9.17) is 19.8 Å². The van der Waals surface area contributed by atoms with Crippen LogP contribution in [-0.2, 0) is 17.8 Å². The number of hydrogen-bond acceptors (Lipinski definition) is 9. The van der Waals surface area contributed by atoms with Crippen molar-refractivity contribution in [1.29, 1.82) is 0 Å². The largest absolute Gasteiger partial charge is 0.411 e. The highest BCUT2D eigenvalue weighted by atomic mass is 19.4. The molecule has 3 N–H and O–H groups in total. The molecule has 206 valence electrons. The Morgan fingerprint density at radius 3 is 2.32 bits per heavy atom. The van der Waals surface area contributed by atoms with Crippen molar-refractivity contribution in [3.63, 3.8) is 0 Å². The molecular formula is C24H31F4N9O. The molecule has 0 atom stereocenters. The number of halogens is 4. The van der Waals surface area contributed by atoms with Gasteiger partial charge in [0, 0.05) is 64.6 Å². The van der Waals surface area contributed by atoms with Gasteiger partial charge in [0.2, 0.25) is 5.95 Å². The molecule has 0 unspecified atom stereocenters. The Morgan fingerprint density at radius 2 is 1.63 bits per heavy atom. The number of rotatable bonds is 9. The van der Waals surface area contributed by atoms with Gasteiger partial charge in [-0.1, -0.05) is 0 Å². The van der Waals surface area contributed by atoms with E-state index in [1.165, 1.54) is 12.1 Å². The maximum absolute atomic E-state index is 13.5. The van der Waals surface area contributed by atoms with Crippen LogP contribution < -0.4 is 20.9 Å². The Balaban J connectivity index is 1.54. The average Bonchev–Trinajstić information content (AvgIpc) is 3.26. The first-order valence-corrected chi connectivity index (χ1v) is 12.7. The van der Waals surface area contributed by atoms with Gasteiger partial charge in [-0.2, -0.15) is 23.3 Å². The molecule has 0 amide bonds. The van der Waals surface area contributed by atoms with Gasteiger partial charge in [0.15, 0.2) is 5.82 Å². The van der Waals surface area contributed by atoms with E-state index in [1.54, 1.807) is 16.8 Å². The average molecular weight is 538 g/mol. The highest BCUT2D eigenvalue weighted by Crippen LogP contribution is 2.30. The Kier molecular flexibility index (Phi) is 8.21. The highest BCUT2D eigenvalue weighted by molar-refractivity contribution is 5.90. The zero-order valence-corrected chi connectivity index (χ0v) is 20.9. The van der Waals surface area contributed by atoms with E-state index in [1.807, 2.05) is 0 Å². The number of ether oxygens (including phenoxy) is 1. The number of alkyl halides is 3. The topological polar surface area (TPSA) is 95.4 Å². The van der Waals surface area contributed by atoms with Gasteiger partial charge in [-0.05, 0) is 24.3 Å². The third-order valence-electron chi connectivity index (χ3n) is 6.45. The number of benzene rings is 1. The van der Waals surface area contributed by atoms with Crippen LogP contribution in [0.3, 0.4) is 0 Å². The van der Waals surface area contributed by atoms with Crippen LogP contribution in [0, 0.1) is 5.82 Å². The third kappa shape index (κ3) is 6.67. The van der Waals surface area contributed by atoms with Crippen molar-refractivity contribution < 1.29 is 22.3 Å². The van der Waals surface area contributed by atoms with Crippen molar-refractivity contribution in [2.24, 2.45) is 0 Å². The maximum atomic E-state index is 13.5. The van der Waals surface area contributed by atoms with Crippen LogP contribution in [-0.4, -0.2) is 96.4 Å². The fraction of sp³-hybridized carbons (Fsp3) is 0.542. The van der Waals surface area contributed by atoms with Gasteiger partial charge in [0.25, 0.3) is 0 Å². The Hall–Kier alpha value is -3.07. The molecule has 3 aromatic rings. The number of aromatic nitrogens is 4. The molecule has 0 spiro atoms. The summed E-state index contributed by atoms with van der Waals surface area (Å²) >= 11 is 0. The van der Waals surface area contributed by atoms with Crippen LogP contribution in [0.25, 0.3) is 11.0 Å². The number of nitrogens with one attached hydrogen (secondary N) is 3. The molecule has 0 saturated carbocycles. The van der Waals surface area contributed by atoms with Crippen molar-refractivity contribution >= 4 is 28.5 Å². The normalized spacial score (nSPS) is 17.3. The molecule has 2 saturated heterocycles. The minimum Gasteiger partial charge on any atom is -0.370 e. The number of anilines is 3. The van der Waals surface area contributed by atoms with Crippen molar-refractivity contribution in [2.75, 3.05) is 75.8 Å². The van der Waals surface area contributed by atoms with Crippen LogP contribution in [0.2, 0.25) is 0 Å². The first-order chi connectivity index (χ1) is 18.4. The summed E-state index contributed by atoms with van der Waals surface area (Å²) in [5, 5.41) is 14.7. The molecule has 10 nitrogen and oxygen atoms in total. The lowest BCUT2D eigenvalue weighted by Gasteiger charge is -2.28. The Bertz CT molecular complexity index is 1210. The van der Waals surface area contributed by atoms with E-state index in [-0.39, 0.29) is 19.0 Å². The molecule has 1 aromatic carbocycles. The number of piperazine rings is 2. The van der Waals surface area contributed by atoms with Crippen molar-refractivity contribution in [3.8, 4) is 0 Å². The standard InChI is InChI=1S/C24H31F4N9O/c25-17-1-3-18(4-2-17)31-22-21-20(32-23(33-22)36-11-7-30-8-12-36)19(15-35-9-5-29-6-10-35)34-37(21)13-14-38-16-24(26,27)28/h1-4,29-30H,5-16H2,(H,31,32,33). The monoisotopic (exact) mass is 537 g/mol. The van der Waals surface area contributed by atoms with E-state index in [9.17, 15) is 17.6 Å². The van der Waals surface area contributed by atoms with Gasteiger partial charge in [-0.15, -0.1) is 0 Å². The van der Waals surface area contributed by atoms with Gasteiger partial charge in [0.05, 0.1) is 13.2 Å². The Morgan fingerprint density at radius 1 is 0.947 bits per heavy atom. The molecule has 38 heavy (non-hydrogen) atoms. The number of nitrogens with zero attached hydrogens (tertiary/aromatic N) is 6. The lowest BCUT2D eigenvalue weighted by atomic mass is 10.2. The first kappa shape index (κ1) is 26.5. The second kappa shape index (κ2) is 11.8. The maximum Gasteiger partial charge on any atom is 0.411 e. The summed E-state index contributed by atoms with van der Waals surface area (Å²) in [6.07, 6.45) is -4.41. The van der Waals surface area contributed by atoms with Crippen molar-refractivity contribution in [3.05, 3.63) is 35.8 Å². The predicted octanol–water partition coefficient (Wildman–Crippen LogP) is 2.10. The molecule has 4 heterocycles. The van der Waals surface area contributed by atoms with E-state index in [0.717, 1.165) is 58.1 Å². The van der Waals surface area contributed by atoms with E-state index in [2.05, 4.69) is 25.8 Å². The molecule has 2 fully saturated rings. The molecule has 14 heteroatoms. The summed E-state index contributed by atoms with van der Waals surface area (Å²) in [5.41, 5.74) is 2.53. The minimum atomic E-state index is -4.41. The minimum absolute atomic E-state index is 0.0859. The second-order valence-electron chi connectivity index (χ2n) is 9.30. The molecule has 2 aliphatic rings. The van der Waals surface area contributed by atoms with E-state index >= 15 is 0 Å². The molecule has 0 aliphatic carbocycles. The second-order valence-corrected chi connectivity index (χ2v) is 9.30. The van der Waals surface area contributed by atoms with Crippen LogP contribution in [0.4, 0.5) is 35.0 Å². The summed E-state index contributed by atoms with van der Waals surface area (Å²) < 4.78 is 57.9. The van der Waals surface area contributed by atoms with Gasteiger partial charge in [0.1, 0.15) is 29.2 Å². The smallest absolute Gasteiger partial charge is 0.370 e. The number of fused-ring (bicyclic) bond motifs is 1. The van der Waals surface area contributed by atoms with Gasteiger partial charge < -0.3 is 25.6 Å². The highest BCUT2D eigenvalue weighted by Gasteiger charge is 2.28. The molecule has 5 rings (SSSR count). The van der Waals surface area contributed by atoms with E-state index < -0.39 is 12.8 Å². The van der Waals surface area contributed by atoms with Gasteiger partial charge >= 0.3 is 6.18 Å². The molecule has 0 bridgehead atoms. The van der Waals surface area contributed by atoms with Crippen molar-refractivity contribution in [2.45, 2.75) is 19.3 Å². The molecule has 2 aromatic heterocycles. The summed E-state index contributed by atoms with van der Waals surface area (Å²) in [7, 11) is 0. The fourth-order valence-electron chi connectivity index (χ4n) is 4.58. The van der Waals surface area contributed by atoms with Gasteiger partial charge in [-0.3, -0.25) is 9.58 Å². The van der Waals surface area contributed by atoms with Gasteiger partial charge in [-0.25, -0.2) is 9.37 Å². The van der Waals surface area contributed by atoms with Crippen LogP contribution >= 0.6 is 0 Å². The molecular weight excluding hydrogens is 506 g/mol. The quantitative estimate of drug-likeness (QED) is 0.280. The van der Waals surface area contributed by atoms with Crippen LogP contribution in [0.1, 0.15) is 5.69 Å². The van der Waals surface area contributed by atoms with Crippen LogP contribution in [0.15, 0.2) is 24.3 Å². The van der Waals surface area contributed by atoms with Crippen molar-refractivity contribution in [1.82, 2.24) is 35.3 Å². The molecule has 0 radical (unpaired) electrons. The molecule has 2 aliphatic heterocycles. The summed E-state index contributed by atoms with van der Waals surface area (Å²) in [6, 6.07) is 5.89. The number of hydrogen-bond donors (Lipinski definition) is 3. The summed E-state index contributed by atoms with van der Waals surface area (Å²) in [4.78, 5) is 14.1. The predicted molar refractivity (Wildman–Crippen MR) is 135 cm³/mol.